The highest BCUT2D eigenvalue weighted by atomic mass is 31.2. The van der Waals surface area contributed by atoms with Crippen LogP contribution in [0.5, 0.6) is 0 Å². The van der Waals surface area contributed by atoms with Crippen molar-refractivity contribution in [1.29, 1.82) is 0 Å². The molecule has 0 saturated carbocycles. The van der Waals surface area contributed by atoms with Gasteiger partial charge in [-0.25, -0.2) is 0 Å². The fourth-order valence-electron chi connectivity index (χ4n) is 1.50. The average Bonchev–Trinajstić information content (AvgIpc) is 2.04. The number of piperidine rings is 1. The molecule has 0 spiro atoms. The molecule has 2 saturated heterocycles. The van der Waals surface area contributed by atoms with Crippen LogP contribution in [-0.4, -0.2) is 25.8 Å². The van der Waals surface area contributed by atoms with Crippen molar-refractivity contribution in [2.24, 2.45) is 5.92 Å². The Balaban J connectivity index is 1.93. The first kappa shape index (κ1) is 7.87. The van der Waals surface area contributed by atoms with Crippen molar-refractivity contribution in [3.8, 4) is 0 Å². The number of nitrogens with one attached hydrogen (secondary N) is 1. The van der Waals surface area contributed by atoms with Crippen LogP contribution in [0.15, 0.2) is 0 Å². The second-order valence-corrected chi connectivity index (χ2v) is 3.80. The lowest BCUT2D eigenvalue weighted by Crippen LogP contribution is -2.44. The fourth-order valence-corrected chi connectivity index (χ4v) is 2.36. The molecule has 0 aromatic rings. The third-order valence-electron chi connectivity index (χ3n) is 2.15. The van der Waals surface area contributed by atoms with E-state index in [1.165, 1.54) is 0 Å². The molecular weight excluding hydrogens is 168 g/mol. The Morgan fingerprint density at radius 2 is 2.45 bits per heavy atom. The van der Waals surface area contributed by atoms with E-state index in [0.29, 0.717) is 12.5 Å². The first-order chi connectivity index (χ1) is 5.36. The third-order valence-corrected chi connectivity index (χ3v) is 2.93. The summed E-state index contributed by atoms with van der Waals surface area (Å²) in [5.74, 6) is 0.359. The number of hydrogen-bond donors (Lipinski definition) is 1. The Bertz CT molecular complexity index is 149. The van der Waals surface area contributed by atoms with Crippen LogP contribution in [0.1, 0.15) is 6.42 Å². The van der Waals surface area contributed by atoms with Gasteiger partial charge in [0.05, 0.1) is 12.7 Å². The van der Waals surface area contributed by atoms with Crippen molar-refractivity contribution in [1.82, 2.24) is 5.32 Å². The Kier molecular flexibility index (Phi) is 2.37. The Morgan fingerprint density at radius 1 is 1.55 bits per heavy atom. The number of fused-ring (bicyclic) bond motifs is 1. The van der Waals surface area contributed by atoms with Gasteiger partial charge in [0, 0.05) is 12.5 Å². The van der Waals surface area contributed by atoms with Gasteiger partial charge < -0.3 is 14.4 Å². The van der Waals surface area contributed by atoms with E-state index < -0.39 is 8.69 Å². The predicted octanol–water partition coefficient (Wildman–Crippen LogP) is 1.21. The average molecular weight is 179 g/mol. The molecule has 0 amide bonds. The maximum Gasteiger partial charge on any atom is 0.375 e. The summed E-state index contributed by atoms with van der Waals surface area (Å²) in [6, 6.07) is 0. The van der Waals surface area contributed by atoms with Crippen LogP contribution in [0.3, 0.4) is 0 Å². The normalized spacial score (nSPS) is 45.0. The maximum atomic E-state index is 12.6. The number of halogens is 1. The van der Waals surface area contributed by atoms with Crippen molar-refractivity contribution in [3.05, 3.63) is 0 Å². The molecule has 0 radical (unpaired) electrons. The van der Waals surface area contributed by atoms with Crippen molar-refractivity contribution in [2.75, 3.05) is 19.7 Å². The molecule has 0 aromatic carbocycles. The van der Waals surface area contributed by atoms with Gasteiger partial charge in [0.2, 0.25) is 0 Å². The summed E-state index contributed by atoms with van der Waals surface area (Å²) in [5, 5.41) is 3.22. The van der Waals surface area contributed by atoms with Gasteiger partial charge in [-0.05, 0) is 13.0 Å². The van der Waals surface area contributed by atoms with Gasteiger partial charge in [-0.3, -0.25) is 0 Å². The summed E-state index contributed by atoms with van der Waals surface area (Å²) < 4.78 is 22.4. The van der Waals surface area contributed by atoms with Gasteiger partial charge in [-0.2, -0.15) is 4.20 Å². The minimum absolute atomic E-state index is 0.0983. The quantitative estimate of drug-likeness (QED) is 0.567. The fraction of sp³-hybridized carbons (Fsp3) is 1.00. The molecule has 2 aliphatic rings. The zero-order chi connectivity index (χ0) is 7.68. The largest absolute Gasteiger partial charge is 0.375 e. The lowest BCUT2D eigenvalue weighted by molar-refractivity contribution is 0.0165. The van der Waals surface area contributed by atoms with E-state index >= 15 is 0 Å². The SMILES string of the molecule is FP1OC[C@@H]2CNCC[C@H]2O1. The minimum atomic E-state index is -2.06. The standard InChI is InChI=1S/C6H11FNO2P/c7-11-9-4-5-3-8-2-1-6(5)10-11/h5-6,8H,1-4H2/t5-,6+,11?/m0/s1. The molecule has 2 heterocycles. The molecule has 2 aliphatic heterocycles. The van der Waals surface area contributed by atoms with Gasteiger partial charge in [-0.15, -0.1) is 0 Å². The summed E-state index contributed by atoms with van der Waals surface area (Å²) in [5.41, 5.74) is 0. The smallest absolute Gasteiger partial charge is 0.316 e. The molecule has 0 aromatic heterocycles. The van der Waals surface area contributed by atoms with Crippen LogP contribution in [0.2, 0.25) is 0 Å². The van der Waals surface area contributed by atoms with Crippen molar-refractivity contribution in [3.63, 3.8) is 0 Å². The van der Waals surface area contributed by atoms with Crippen LogP contribution < -0.4 is 5.32 Å². The van der Waals surface area contributed by atoms with Crippen LogP contribution >= 0.6 is 8.69 Å². The van der Waals surface area contributed by atoms with Gasteiger partial charge >= 0.3 is 8.69 Å². The summed E-state index contributed by atoms with van der Waals surface area (Å²) >= 11 is 0. The first-order valence-electron chi connectivity index (χ1n) is 3.82. The molecule has 2 rings (SSSR count). The first-order valence-corrected chi connectivity index (χ1v) is 4.89. The topological polar surface area (TPSA) is 30.5 Å². The number of hydrogen-bond acceptors (Lipinski definition) is 3. The zero-order valence-corrected chi connectivity index (χ0v) is 7.02. The van der Waals surface area contributed by atoms with Crippen molar-refractivity contribution >= 4 is 8.69 Å². The van der Waals surface area contributed by atoms with Crippen molar-refractivity contribution in [2.45, 2.75) is 12.5 Å². The van der Waals surface area contributed by atoms with Crippen LogP contribution in [-0.2, 0) is 9.05 Å². The molecular formula is C6H11FNO2P. The van der Waals surface area contributed by atoms with E-state index in [1.807, 2.05) is 0 Å². The molecule has 64 valence electrons. The molecule has 2 fully saturated rings. The van der Waals surface area contributed by atoms with Crippen LogP contribution in [0.4, 0.5) is 4.20 Å². The highest BCUT2D eigenvalue weighted by molar-refractivity contribution is 7.41. The van der Waals surface area contributed by atoms with Gasteiger partial charge in [-0.1, -0.05) is 0 Å². The van der Waals surface area contributed by atoms with Crippen molar-refractivity contribution < 1.29 is 13.2 Å². The molecule has 0 aliphatic carbocycles. The predicted molar refractivity (Wildman–Crippen MR) is 39.8 cm³/mol. The van der Waals surface area contributed by atoms with E-state index in [1.54, 1.807) is 0 Å². The third kappa shape index (κ3) is 1.70. The Labute approximate surface area is 66.3 Å². The highest BCUT2D eigenvalue weighted by Gasteiger charge is 2.34. The lowest BCUT2D eigenvalue weighted by atomic mass is 9.97. The lowest BCUT2D eigenvalue weighted by Gasteiger charge is -2.35. The molecule has 3 atom stereocenters. The monoisotopic (exact) mass is 179 g/mol. The molecule has 0 bridgehead atoms. The molecule has 3 nitrogen and oxygen atoms in total. The van der Waals surface area contributed by atoms with E-state index in [0.717, 1.165) is 19.5 Å². The molecule has 5 heteroatoms. The van der Waals surface area contributed by atoms with Gasteiger partial charge in [0.15, 0.2) is 0 Å². The second kappa shape index (κ2) is 3.31. The number of rotatable bonds is 0. The van der Waals surface area contributed by atoms with E-state index in [-0.39, 0.29) is 6.10 Å². The summed E-state index contributed by atoms with van der Waals surface area (Å²) in [4.78, 5) is 0. The highest BCUT2D eigenvalue weighted by Crippen LogP contribution is 2.47. The van der Waals surface area contributed by atoms with Crippen LogP contribution in [0.25, 0.3) is 0 Å². The Morgan fingerprint density at radius 3 is 3.36 bits per heavy atom. The van der Waals surface area contributed by atoms with E-state index in [4.69, 9.17) is 9.05 Å². The maximum absolute atomic E-state index is 12.6. The van der Waals surface area contributed by atoms with Crippen LogP contribution in [0, 0.1) is 5.92 Å². The van der Waals surface area contributed by atoms with E-state index in [2.05, 4.69) is 5.32 Å². The molecule has 1 unspecified atom stereocenters. The van der Waals surface area contributed by atoms with E-state index in [9.17, 15) is 4.20 Å². The summed E-state index contributed by atoms with van der Waals surface area (Å²) in [6.07, 6.45) is 1.01. The molecule has 11 heavy (non-hydrogen) atoms. The van der Waals surface area contributed by atoms with Gasteiger partial charge in [0.1, 0.15) is 0 Å². The minimum Gasteiger partial charge on any atom is -0.316 e. The summed E-state index contributed by atoms with van der Waals surface area (Å²) in [6.45, 7) is 2.35. The Hall–Kier alpha value is 0.240. The van der Waals surface area contributed by atoms with Gasteiger partial charge in [0.25, 0.3) is 0 Å². The molecule has 1 N–H and O–H groups in total. The summed E-state index contributed by atoms with van der Waals surface area (Å²) in [7, 11) is -2.06. The zero-order valence-electron chi connectivity index (χ0n) is 6.12. The second-order valence-electron chi connectivity index (χ2n) is 2.91.